The van der Waals surface area contributed by atoms with E-state index >= 15 is 0 Å². The van der Waals surface area contributed by atoms with Gasteiger partial charge in [0.1, 0.15) is 23.9 Å². The highest BCUT2D eigenvalue weighted by Gasteiger charge is 2.45. The molecule has 0 aliphatic carbocycles. The highest BCUT2D eigenvalue weighted by atomic mass is 32.2. The number of piperidine rings is 1. The van der Waals surface area contributed by atoms with Gasteiger partial charge in [0.05, 0.1) is 39.3 Å². The van der Waals surface area contributed by atoms with Crippen LogP contribution < -0.4 is 26.0 Å². The molecule has 0 radical (unpaired) electrons. The smallest absolute Gasteiger partial charge is 0.264 e. The predicted molar refractivity (Wildman–Crippen MR) is 224 cm³/mol. The van der Waals surface area contributed by atoms with Crippen LogP contribution in [-0.4, -0.2) is 92.0 Å². The van der Waals surface area contributed by atoms with E-state index in [-0.39, 0.29) is 72.7 Å². The number of benzene rings is 3. The maximum absolute atomic E-state index is 13.7. The van der Waals surface area contributed by atoms with Gasteiger partial charge >= 0.3 is 0 Å². The van der Waals surface area contributed by atoms with Crippen molar-refractivity contribution in [3.05, 3.63) is 89.5 Å². The Labute approximate surface area is 351 Å². The molecule has 0 bridgehead atoms. The second-order valence-electron chi connectivity index (χ2n) is 14.6. The standard InChI is InChI=1S/C42H46FN9O8S/c1-60-33-23-27(43)16-17-29(33)38-46-25-47-42(50-38)48-28-11-8-10-26(22-28)24-61(2,59)51-36(55)15-7-5-3-4-6-14-34(53)45-21-20-44-31-13-9-12-30-37(31)41(58)52(40(30)57)32-18-19-35(54)49-39(32)56/h8-13,16-17,22-23,25,32,44H,3-7,14-15,18-21,24H2,1-2H3,(H,45,53)(H,49,54,56)(H,46,47,48,50). The minimum atomic E-state index is -2.87. The van der Waals surface area contributed by atoms with E-state index in [1.807, 2.05) is 0 Å². The summed E-state index contributed by atoms with van der Waals surface area (Å²) in [7, 11) is -1.45. The SMILES string of the molecule is COc1cc(F)ccc1-c1ncnc(Nc2cccc(CS(C)(=O)=NC(=O)CCCCCCCC(=O)NCCNc3cccc4c3C(=O)N(C3CCC(=O)NC3=O)C4=O)c2)n1. The number of imide groups is 2. The van der Waals surface area contributed by atoms with Crippen molar-refractivity contribution in [3.8, 4) is 17.1 Å². The number of amides is 6. The molecule has 1 saturated heterocycles. The molecular weight excluding hydrogens is 810 g/mol. The normalized spacial score (nSPS) is 15.7. The minimum Gasteiger partial charge on any atom is -0.496 e. The third-order valence-corrected chi connectivity index (χ3v) is 11.4. The van der Waals surface area contributed by atoms with Crippen molar-refractivity contribution in [1.82, 2.24) is 30.5 Å². The minimum absolute atomic E-state index is 0.0311. The molecule has 1 aromatic heterocycles. The molecule has 2 atom stereocenters. The topological polar surface area (TPSA) is 231 Å². The first kappa shape index (κ1) is 43.9. The number of nitrogens with zero attached hydrogens (tertiary/aromatic N) is 5. The summed E-state index contributed by atoms with van der Waals surface area (Å²) in [5, 5.41) is 11.2. The van der Waals surface area contributed by atoms with Crippen LogP contribution in [0.1, 0.15) is 84.1 Å². The van der Waals surface area contributed by atoms with Crippen molar-refractivity contribution in [3.63, 3.8) is 0 Å². The van der Waals surface area contributed by atoms with Crippen LogP contribution in [-0.2, 0) is 34.7 Å². The molecule has 320 valence electrons. The third kappa shape index (κ3) is 11.6. The van der Waals surface area contributed by atoms with E-state index in [1.165, 1.54) is 44.0 Å². The summed E-state index contributed by atoms with van der Waals surface area (Å²) in [6.07, 6.45) is 6.94. The highest BCUT2D eigenvalue weighted by Crippen LogP contribution is 2.33. The molecule has 0 spiro atoms. The van der Waals surface area contributed by atoms with Crippen LogP contribution in [0.3, 0.4) is 0 Å². The number of hydrogen-bond acceptors (Lipinski definition) is 13. The van der Waals surface area contributed by atoms with Gasteiger partial charge in [0.2, 0.25) is 23.7 Å². The molecule has 3 aromatic carbocycles. The van der Waals surface area contributed by atoms with E-state index < -0.39 is 51.1 Å². The Balaban J connectivity index is 0.864. The number of methoxy groups -OCH3 is 1. The molecule has 19 heteroatoms. The van der Waals surface area contributed by atoms with Crippen LogP contribution in [0.25, 0.3) is 11.4 Å². The van der Waals surface area contributed by atoms with Crippen molar-refractivity contribution in [2.45, 2.75) is 69.6 Å². The third-order valence-electron chi connectivity index (χ3n) is 9.91. The monoisotopic (exact) mass is 855 g/mol. The van der Waals surface area contributed by atoms with Gasteiger partial charge in [-0.3, -0.25) is 39.0 Å². The van der Waals surface area contributed by atoms with Gasteiger partial charge in [-0.2, -0.15) is 9.35 Å². The number of nitrogens with one attached hydrogen (secondary N) is 4. The first-order chi connectivity index (χ1) is 29.3. The molecule has 6 amide bonds. The lowest BCUT2D eigenvalue weighted by molar-refractivity contribution is -0.136. The number of ether oxygens (including phenoxy) is 1. The lowest BCUT2D eigenvalue weighted by Gasteiger charge is -2.27. The molecule has 3 heterocycles. The molecule has 4 aromatic rings. The van der Waals surface area contributed by atoms with E-state index in [0.717, 1.165) is 24.2 Å². The fourth-order valence-corrected chi connectivity index (χ4v) is 8.43. The summed E-state index contributed by atoms with van der Waals surface area (Å²) in [5.74, 6) is -2.49. The Morgan fingerprint density at radius 2 is 1.70 bits per heavy atom. The van der Waals surface area contributed by atoms with Crippen LogP contribution in [0.4, 0.5) is 21.7 Å². The van der Waals surface area contributed by atoms with Crippen LogP contribution >= 0.6 is 0 Å². The molecule has 2 unspecified atom stereocenters. The number of carbonyl (C=O) groups is 6. The lowest BCUT2D eigenvalue weighted by atomic mass is 10.0. The Bertz CT molecular complexity index is 2470. The summed E-state index contributed by atoms with van der Waals surface area (Å²) in [6, 6.07) is 14.9. The second-order valence-corrected chi connectivity index (χ2v) is 17.0. The predicted octanol–water partition coefficient (Wildman–Crippen LogP) is 4.91. The van der Waals surface area contributed by atoms with Crippen LogP contribution in [0, 0.1) is 5.82 Å². The molecular formula is C42H46FN9O8S. The molecule has 0 saturated carbocycles. The van der Waals surface area contributed by atoms with E-state index in [9.17, 15) is 37.4 Å². The number of rotatable bonds is 19. The largest absolute Gasteiger partial charge is 0.496 e. The molecule has 2 aliphatic heterocycles. The molecule has 17 nitrogen and oxygen atoms in total. The maximum Gasteiger partial charge on any atom is 0.264 e. The summed E-state index contributed by atoms with van der Waals surface area (Å²) >= 11 is 0. The Morgan fingerprint density at radius 1 is 0.934 bits per heavy atom. The van der Waals surface area contributed by atoms with E-state index in [0.29, 0.717) is 41.8 Å². The first-order valence-electron chi connectivity index (χ1n) is 19.8. The fourth-order valence-electron chi connectivity index (χ4n) is 7.05. The molecule has 61 heavy (non-hydrogen) atoms. The summed E-state index contributed by atoms with van der Waals surface area (Å²) in [6.45, 7) is 0.558. The van der Waals surface area contributed by atoms with Crippen LogP contribution in [0.5, 0.6) is 5.75 Å². The quantitative estimate of drug-likeness (QED) is 0.0726. The first-order valence-corrected chi connectivity index (χ1v) is 21.9. The van der Waals surface area contributed by atoms with Gasteiger partial charge in [-0.05, 0) is 61.2 Å². The summed E-state index contributed by atoms with van der Waals surface area (Å²) in [4.78, 5) is 88.9. The number of hydrogen-bond donors (Lipinski definition) is 4. The Kier molecular flexibility index (Phi) is 14.5. The number of fused-ring (bicyclic) bond motifs is 1. The van der Waals surface area contributed by atoms with Crippen molar-refractivity contribution in [1.29, 1.82) is 0 Å². The second kappa shape index (κ2) is 20.1. The number of aromatic nitrogens is 3. The van der Waals surface area contributed by atoms with Gasteiger partial charge < -0.3 is 20.7 Å². The number of halogens is 1. The summed E-state index contributed by atoms with van der Waals surface area (Å²) in [5.41, 5.74) is 2.52. The van der Waals surface area contributed by atoms with Gasteiger partial charge in [0.15, 0.2) is 5.82 Å². The van der Waals surface area contributed by atoms with Crippen molar-refractivity contribution in [2.24, 2.45) is 4.36 Å². The number of unbranched alkanes of at least 4 members (excludes halogenated alkanes) is 4. The number of carbonyl (C=O) groups excluding carboxylic acids is 6. The molecule has 2 aliphatic rings. The molecule has 6 rings (SSSR count). The Morgan fingerprint density at radius 3 is 2.49 bits per heavy atom. The van der Waals surface area contributed by atoms with E-state index in [2.05, 4.69) is 40.6 Å². The van der Waals surface area contributed by atoms with Gasteiger partial charge in [-0.15, -0.1) is 0 Å². The zero-order valence-corrected chi connectivity index (χ0v) is 34.5. The molecule has 4 N–H and O–H groups in total. The van der Waals surface area contributed by atoms with Gasteiger partial charge in [0.25, 0.3) is 17.7 Å². The van der Waals surface area contributed by atoms with Crippen LogP contribution in [0.2, 0.25) is 0 Å². The average molecular weight is 856 g/mol. The van der Waals surface area contributed by atoms with E-state index in [4.69, 9.17) is 4.74 Å². The van der Waals surface area contributed by atoms with Gasteiger partial charge in [0, 0.05) is 56.0 Å². The lowest BCUT2D eigenvalue weighted by Crippen LogP contribution is -2.54. The zero-order chi connectivity index (χ0) is 43.5. The maximum atomic E-state index is 13.7. The number of anilines is 3. The van der Waals surface area contributed by atoms with E-state index in [1.54, 1.807) is 36.4 Å². The average Bonchev–Trinajstić information content (AvgIpc) is 3.47. The highest BCUT2D eigenvalue weighted by molar-refractivity contribution is 7.92. The van der Waals surface area contributed by atoms with Crippen molar-refractivity contribution < 1.29 is 42.1 Å². The van der Waals surface area contributed by atoms with Gasteiger partial charge in [-0.25, -0.2) is 18.6 Å². The fraction of sp³-hybridized carbons (Fsp3) is 0.357. The van der Waals surface area contributed by atoms with Crippen LogP contribution in [0.15, 0.2) is 71.4 Å². The summed E-state index contributed by atoms with van der Waals surface area (Å²) < 4.78 is 36.3. The van der Waals surface area contributed by atoms with Gasteiger partial charge in [-0.1, -0.05) is 37.5 Å². The molecule has 1 fully saturated rings. The zero-order valence-electron chi connectivity index (χ0n) is 33.7. The van der Waals surface area contributed by atoms with Crippen molar-refractivity contribution in [2.75, 3.05) is 37.1 Å². The van der Waals surface area contributed by atoms with Crippen molar-refractivity contribution >= 4 is 62.5 Å². The Hall–Kier alpha value is -6.63.